The average Bonchev–Trinajstić information content (AvgIpc) is 3.28. The number of nitrogens with one attached hydrogen (secondary N) is 2. The molecule has 2 fully saturated rings. The normalized spacial score (nSPS) is 17.9. The zero-order chi connectivity index (χ0) is 20.6. The lowest BCUT2D eigenvalue weighted by atomic mass is 10.1. The highest BCUT2D eigenvalue weighted by Gasteiger charge is 2.16. The molecule has 1 saturated carbocycles. The molecule has 5 heteroatoms. The Morgan fingerprint density at radius 1 is 0.967 bits per heavy atom. The maximum Gasteiger partial charge on any atom is 0.248 e. The van der Waals surface area contributed by atoms with E-state index in [1.54, 1.807) is 6.08 Å². The summed E-state index contributed by atoms with van der Waals surface area (Å²) in [5.74, 6) is 0.722. The van der Waals surface area contributed by atoms with Crippen LogP contribution in [0.4, 0.5) is 11.4 Å². The summed E-state index contributed by atoms with van der Waals surface area (Å²) in [6.45, 7) is 1.63. The van der Waals surface area contributed by atoms with E-state index in [9.17, 15) is 4.79 Å². The van der Waals surface area contributed by atoms with E-state index in [-0.39, 0.29) is 5.91 Å². The number of rotatable bonds is 7. The van der Waals surface area contributed by atoms with E-state index in [1.807, 2.05) is 54.6 Å². The van der Waals surface area contributed by atoms with Crippen molar-refractivity contribution in [3.05, 3.63) is 60.2 Å². The van der Waals surface area contributed by atoms with Gasteiger partial charge in [0.15, 0.2) is 0 Å². The van der Waals surface area contributed by atoms with Crippen molar-refractivity contribution in [2.75, 3.05) is 23.8 Å². The lowest BCUT2D eigenvalue weighted by Crippen LogP contribution is -2.27. The summed E-state index contributed by atoms with van der Waals surface area (Å²) in [6.07, 6.45) is 10.5. The average molecular weight is 407 g/mol. The molecule has 2 aromatic rings. The first-order valence-corrected chi connectivity index (χ1v) is 10.9. The van der Waals surface area contributed by atoms with Crippen LogP contribution in [0.1, 0.15) is 44.1 Å². The van der Waals surface area contributed by atoms with Gasteiger partial charge in [-0.2, -0.15) is 0 Å². The quantitative estimate of drug-likeness (QED) is 0.617. The van der Waals surface area contributed by atoms with Crippen molar-refractivity contribution >= 4 is 23.4 Å². The third-order valence-electron chi connectivity index (χ3n) is 5.63. The number of benzene rings is 2. The Morgan fingerprint density at radius 2 is 1.70 bits per heavy atom. The van der Waals surface area contributed by atoms with E-state index in [1.165, 1.54) is 12.8 Å². The lowest BCUT2D eigenvalue weighted by molar-refractivity contribution is -0.111. The molecule has 0 aromatic heterocycles. The van der Waals surface area contributed by atoms with Gasteiger partial charge in [0, 0.05) is 36.7 Å². The van der Waals surface area contributed by atoms with Gasteiger partial charge in [0.25, 0.3) is 0 Å². The van der Waals surface area contributed by atoms with Crippen molar-refractivity contribution in [1.82, 2.24) is 0 Å². The first-order chi connectivity index (χ1) is 14.7. The molecule has 1 aliphatic heterocycles. The third-order valence-corrected chi connectivity index (χ3v) is 5.63. The topological polar surface area (TPSA) is 59.6 Å². The highest BCUT2D eigenvalue weighted by molar-refractivity contribution is 6.02. The van der Waals surface area contributed by atoms with Crippen LogP contribution in [0.3, 0.4) is 0 Å². The Hall–Kier alpha value is -2.79. The van der Waals surface area contributed by atoms with E-state index >= 15 is 0 Å². The molecule has 1 heterocycles. The Bertz CT molecular complexity index is 851. The highest BCUT2D eigenvalue weighted by Crippen LogP contribution is 2.25. The Kier molecular flexibility index (Phi) is 7.03. The van der Waals surface area contributed by atoms with Gasteiger partial charge in [-0.1, -0.05) is 12.1 Å². The van der Waals surface area contributed by atoms with Crippen LogP contribution in [0, 0.1) is 0 Å². The summed E-state index contributed by atoms with van der Waals surface area (Å²) < 4.78 is 11.4. The third kappa shape index (κ3) is 6.10. The first kappa shape index (κ1) is 20.5. The minimum atomic E-state index is -0.151. The van der Waals surface area contributed by atoms with Crippen LogP contribution in [0.15, 0.2) is 54.6 Å². The van der Waals surface area contributed by atoms with Gasteiger partial charge in [-0.3, -0.25) is 4.79 Å². The van der Waals surface area contributed by atoms with Crippen molar-refractivity contribution < 1.29 is 14.3 Å². The van der Waals surface area contributed by atoms with Crippen LogP contribution < -0.4 is 15.4 Å². The number of ether oxygens (including phenoxy) is 2. The fraction of sp³-hybridized carbons (Fsp3) is 0.400. The van der Waals surface area contributed by atoms with Crippen molar-refractivity contribution in [2.24, 2.45) is 0 Å². The second-order valence-electron chi connectivity index (χ2n) is 8.03. The maximum atomic E-state index is 12.3. The summed E-state index contributed by atoms with van der Waals surface area (Å²) in [7, 11) is 0. The lowest BCUT2D eigenvalue weighted by Gasteiger charge is -2.24. The summed E-state index contributed by atoms with van der Waals surface area (Å²) in [6, 6.07) is 16.2. The van der Waals surface area contributed by atoms with Gasteiger partial charge in [0.1, 0.15) is 5.75 Å². The molecular formula is C25H30N2O3. The second kappa shape index (κ2) is 10.3. The van der Waals surface area contributed by atoms with E-state index in [2.05, 4.69) is 10.6 Å². The van der Waals surface area contributed by atoms with E-state index in [0.29, 0.717) is 12.1 Å². The summed E-state index contributed by atoms with van der Waals surface area (Å²) in [5, 5.41) is 6.43. The van der Waals surface area contributed by atoms with E-state index in [4.69, 9.17) is 9.47 Å². The van der Waals surface area contributed by atoms with Crippen molar-refractivity contribution in [2.45, 2.75) is 50.7 Å². The molecule has 0 bridgehead atoms. The molecule has 2 aromatic carbocycles. The molecule has 0 atom stereocenters. The predicted molar refractivity (Wildman–Crippen MR) is 121 cm³/mol. The first-order valence-electron chi connectivity index (χ1n) is 10.9. The highest BCUT2D eigenvalue weighted by atomic mass is 16.5. The number of carbonyl (C=O) groups is 1. The molecule has 5 nitrogen and oxygen atoms in total. The van der Waals surface area contributed by atoms with Gasteiger partial charge in [0.05, 0.1) is 6.10 Å². The molecule has 158 valence electrons. The zero-order valence-corrected chi connectivity index (χ0v) is 17.3. The van der Waals surface area contributed by atoms with Gasteiger partial charge in [0.2, 0.25) is 5.91 Å². The number of carbonyl (C=O) groups excluding carboxylic acids is 1. The van der Waals surface area contributed by atoms with E-state index in [0.717, 1.165) is 61.6 Å². The molecule has 2 aliphatic rings. The van der Waals surface area contributed by atoms with Crippen LogP contribution >= 0.6 is 0 Å². The van der Waals surface area contributed by atoms with Gasteiger partial charge in [-0.25, -0.2) is 0 Å². The SMILES string of the molecule is O=C(/C=C/c1cccc(OC2CCCC2)c1)Nc1ccc(NC2CCOCC2)cc1. The Balaban J connectivity index is 1.28. The Labute approximate surface area is 178 Å². The molecule has 0 unspecified atom stereocenters. The molecule has 1 amide bonds. The summed E-state index contributed by atoms with van der Waals surface area (Å²) >= 11 is 0. The molecule has 1 saturated heterocycles. The smallest absolute Gasteiger partial charge is 0.248 e. The molecule has 30 heavy (non-hydrogen) atoms. The predicted octanol–water partition coefficient (Wildman–Crippen LogP) is 5.25. The van der Waals surface area contributed by atoms with Crippen molar-refractivity contribution in [3.8, 4) is 5.75 Å². The molecule has 0 spiro atoms. The molecule has 1 aliphatic carbocycles. The number of anilines is 2. The standard InChI is InChI=1S/C25H30N2O3/c28-25(13-8-19-4-3-7-24(18-19)30-23-5-1-2-6-23)27-21-11-9-20(10-12-21)26-22-14-16-29-17-15-22/h3-4,7-13,18,22-23,26H,1-2,5-6,14-17H2,(H,27,28)/b13-8+. The second-order valence-corrected chi connectivity index (χ2v) is 8.03. The van der Waals surface area contributed by atoms with Crippen LogP contribution in [0.25, 0.3) is 6.08 Å². The van der Waals surface area contributed by atoms with Gasteiger partial charge >= 0.3 is 0 Å². The fourth-order valence-electron chi connectivity index (χ4n) is 3.97. The van der Waals surface area contributed by atoms with Crippen molar-refractivity contribution in [3.63, 3.8) is 0 Å². The molecule has 4 rings (SSSR count). The van der Waals surface area contributed by atoms with Gasteiger partial charge in [-0.05, 0) is 86.6 Å². The minimum absolute atomic E-state index is 0.151. The number of hydrogen-bond donors (Lipinski definition) is 2. The number of hydrogen-bond acceptors (Lipinski definition) is 4. The molecular weight excluding hydrogens is 376 g/mol. The van der Waals surface area contributed by atoms with Crippen molar-refractivity contribution in [1.29, 1.82) is 0 Å². The summed E-state index contributed by atoms with van der Waals surface area (Å²) in [5.41, 5.74) is 2.80. The minimum Gasteiger partial charge on any atom is -0.490 e. The number of amides is 1. The van der Waals surface area contributed by atoms with Crippen LogP contribution in [0.2, 0.25) is 0 Å². The van der Waals surface area contributed by atoms with Gasteiger partial charge in [-0.15, -0.1) is 0 Å². The van der Waals surface area contributed by atoms with Gasteiger partial charge < -0.3 is 20.1 Å². The maximum absolute atomic E-state index is 12.3. The molecule has 2 N–H and O–H groups in total. The zero-order valence-electron chi connectivity index (χ0n) is 17.3. The molecule has 0 radical (unpaired) electrons. The van der Waals surface area contributed by atoms with Crippen LogP contribution in [-0.2, 0) is 9.53 Å². The summed E-state index contributed by atoms with van der Waals surface area (Å²) in [4.78, 5) is 12.3. The Morgan fingerprint density at radius 3 is 2.47 bits per heavy atom. The monoisotopic (exact) mass is 406 g/mol. The van der Waals surface area contributed by atoms with Crippen LogP contribution in [-0.4, -0.2) is 31.3 Å². The fourth-order valence-corrected chi connectivity index (χ4v) is 3.97. The van der Waals surface area contributed by atoms with E-state index < -0.39 is 0 Å². The van der Waals surface area contributed by atoms with Crippen LogP contribution in [0.5, 0.6) is 5.75 Å². The largest absolute Gasteiger partial charge is 0.490 e.